The van der Waals surface area contributed by atoms with Gasteiger partial charge in [0.05, 0.1) is 16.3 Å². The number of aromatic amines is 1. The molecule has 36 heavy (non-hydrogen) atoms. The second-order valence-electron chi connectivity index (χ2n) is 11.1. The summed E-state index contributed by atoms with van der Waals surface area (Å²) in [5, 5.41) is 18.0. The van der Waals surface area contributed by atoms with E-state index in [0.29, 0.717) is 29.1 Å². The summed E-state index contributed by atoms with van der Waals surface area (Å²) in [5.74, 6) is -0.0506. The highest BCUT2D eigenvalue weighted by molar-refractivity contribution is 6.36. The number of pyridine rings is 2. The minimum atomic E-state index is -0.471. The quantitative estimate of drug-likeness (QED) is 0.343. The summed E-state index contributed by atoms with van der Waals surface area (Å²) in [7, 11) is 0. The molecule has 0 atom stereocenters. The lowest BCUT2D eigenvalue weighted by atomic mass is 9.82. The van der Waals surface area contributed by atoms with Gasteiger partial charge in [-0.1, -0.05) is 17.7 Å². The Morgan fingerprint density at radius 3 is 2.50 bits per heavy atom. The van der Waals surface area contributed by atoms with E-state index in [1.165, 1.54) is 0 Å². The Labute approximate surface area is 217 Å². The van der Waals surface area contributed by atoms with Gasteiger partial charge >= 0.3 is 0 Å². The Kier molecular flexibility index (Phi) is 7.81. The Morgan fingerprint density at radius 2 is 1.94 bits per heavy atom. The van der Waals surface area contributed by atoms with Gasteiger partial charge in [-0.25, -0.2) is 4.98 Å². The van der Waals surface area contributed by atoms with Gasteiger partial charge in [0, 0.05) is 46.7 Å². The summed E-state index contributed by atoms with van der Waals surface area (Å²) in [4.78, 5) is 33.6. The zero-order chi connectivity index (χ0) is 27.0. The van der Waals surface area contributed by atoms with Crippen molar-refractivity contribution in [3.63, 3.8) is 0 Å². The molecule has 5 N–H and O–H groups in total. The molecular formula is C27H37ClN6O2. The number of carbonyl (C=O) groups excluding carboxylic acids is 1. The third-order valence-corrected chi connectivity index (χ3v) is 6.39. The Bertz CT molecular complexity index is 1290. The highest BCUT2D eigenvalue weighted by Gasteiger charge is 2.35. The molecule has 0 fully saturated rings. The number of anilines is 1. The highest BCUT2D eigenvalue weighted by atomic mass is 35.5. The van der Waals surface area contributed by atoms with Crippen molar-refractivity contribution < 1.29 is 4.79 Å². The van der Waals surface area contributed by atoms with Crippen molar-refractivity contribution in [3.8, 4) is 0 Å². The van der Waals surface area contributed by atoms with Crippen LogP contribution < -0.4 is 21.5 Å². The molecule has 0 unspecified atom stereocenters. The normalized spacial score (nSPS) is 16.4. The van der Waals surface area contributed by atoms with Crippen molar-refractivity contribution >= 4 is 35.1 Å². The first-order chi connectivity index (χ1) is 16.6. The lowest BCUT2D eigenvalue weighted by Gasteiger charge is -2.41. The van der Waals surface area contributed by atoms with Gasteiger partial charge in [-0.15, -0.1) is 0 Å². The third kappa shape index (κ3) is 6.05. The predicted octanol–water partition coefficient (Wildman–Crippen LogP) is 4.72. The SMILES string of the molecule is Cc1cc(C)c(CNC(=O)c2c(Cl)c(C3=CC(C)(C)NC(C)(C)C3)nc(NC(C)C)c2C=N)c(=O)[nH]1. The minimum Gasteiger partial charge on any atom is -0.367 e. The monoisotopic (exact) mass is 512 g/mol. The molecule has 2 aromatic rings. The van der Waals surface area contributed by atoms with Crippen LogP contribution in [0.5, 0.6) is 0 Å². The van der Waals surface area contributed by atoms with E-state index >= 15 is 0 Å². The number of hydrogen-bond acceptors (Lipinski definition) is 6. The van der Waals surface area contributed by atoms with Gasteiger partial charge in [0.2, 0.25) is 0 Å². The van der Waals surface area contributed by atoms with E-state index in [2.05, 4.69) is 54.7 Å². The maximum Gasteiger partial charge on any atom is 0.253 e. The van der Waals surface area contributed by atoms with E-state index in [1.54, 1.807) is 0 Å². The number of aromatic nitrogens is 2. The fourth-order valence-electron chi connectivity index (χ4n) is 4.96. The first-order valence-corrected chi connectivity index (χ1v) is 12.5. The van der Waals surface area contributed by atoms with E-state index < -0.39 is 5.91 Å². The lowest BCUT2D eigenvalue weighted by molar-refractivity contribution is 0.0950. The summed E-state index contributed by atoms with van der Waals surface area (Å²) < 4.78 is 0. The molecule has 0 radical (unpaired) electrons. The minimum absolute atomic E-state index is 0.0183. The molecule has 0 bridgehead atoms. The van der Waals surface area contributed by atoms with Crippen LogP contribution in [-0.4, -0.2) is 39.2 Å². The molecule has 2 aromatic heterocycles. The predicted molar refractivity (Wildman–Crippen MR) is 147 cm³/mol. The Morgan fingerprint density at radius 1 is 1.28 bits per heavy atom. The molecule has 1 aliphatic heterocycles. The molecule has 3 rings (SSSR count). The number of carbonyl (C=O) groups is 1. The lowest BCUT2D eigenvalue weighted by Crippen LogP contribution is -2.53. The van der Waals surface area contributed by atoms with Crippen molar-refractivity contribution in [1.82, 2.24) is 20.6 Å². The van der Waals surface area contributed by atoms with Crippen LogP contribution in [0.2, 0.25) is 5.02 Å². The van der Waals surface area contributed by atoms with E-state index in [-0.39, 0.29) is 39.8 Å². The topological polar surface area (TPSA) is 123 Å². The average molecular weight is 513 g/mol. The molecule has 8 nitrogen and oxygen atoms in total. The van der Waals surface area contributed by atoms with Crippen molar-refractivity contribution in [1.29, 1.82) is 5.41 Å². The molecule has 0 saturated carbocycles. The zero-order valence-electron chi connectivity index (χ0n) is 22.4. The first-order valence-electron chi connectivity index (χ1n) is 12.1. The number of rotatable bonds is 7. The van der Waals surface area contributed by atoms with Crippen LogP contribution in [0.25, 0.3) is 5.57 Å². The van der Waals surface area contributed by atoms with Gasteiger partial charge < -0.3 is 26.3 Å². The van der Waals surface area contributed by atoms with Crippen molar-refractivity contribution in [2.75, 3.05) is 5.32 Å². The Balaban J connectivity index is 2.13. The van der Waals surface area contributed by atoms with E-state index in [1.807, 2.05) is 33.8 Å². The summed E-state index contributed by atoms with van der Waals surface area (Å²) >= 11 is 6.90. The third-order valence-electron chi connectivity index (χ3n) is 6.02. The maximum absolute atomic E-state index is 13.5. The molecule has 0 aliphatic carbocycles. The summed E-state index contributed by atoms with van der Waals surface area (Å²) in [5.41, 5.74) is 3.17. The van der Waals surface area contributed by atoms with Crippen LogP contribution >= 0.6 is 11.6 Å². The largest absolute Gasteiger partial charge is 0.367 e. The van der Waals surface area contributed by atoms with Gasteiger partial charge in [-0.3, -0.25) is 9.59 Å². The second-order valence-corrected chi connectivity index (χ2v) is 11.4. The van der Waals surface area contributed by atoms with E-state index in [0.717, 1.165) is 23.0 Å². The van der Waals surface area contributed by atoms with Crippen molar-refractivity contribution in [3.05, 3.63) is 61.2 Å². The molecular weight excluding hydrogens is 476 g/mol. The molecule has 1 amide bonds. The van der Waals surface area contributed by atoms with E-state index in [9.17, 15) is 9.59 Å². The molecule has 3 heterocycles. The van der Waals surface area contributed by atoms with Gasteiger partial charge in [0.25, 0.3) is 11.5 Å². The van der Waals surface area contributed by atoms with Crippen LogP contribution in [0.1, 0.15) is 86.4 Å². The highest BCUT2D eigenvalue weighted by Crippen LogP contribution is 2.39. The maximum atomic E-state index is 13.5. The zero-order valence-corrected chi connectivity index (χ0v) is 23.1. The van der Waals surface area contributed by atoms with Crippen LogP contribution in [0.4, 0.5) is 5.82 Å². The fourth-order valence-corrected chi connectivity index (χ4v) is 5.31. The number of H-pyrrole nitrogens is 1. The summed E-state index contributed by atoms with van der Waals surface area (Å²) in [6.07, 6.45) is 3.84. The molecule has 0 saturated heterocycles. The summed E-state index contributed by atoms with van der Waals surface area (Å²) in [6.45, 7) is 16.0. The number of aryl methyl sites for hydroxylation is 2. The van der Waals surface area contributed by atoms with Crippen LogP contribution in [0, 0.1) is 19.3 Å². The van der Waals surface area contributed by atoms with Crippen LogP contribution in [-0.2, 0) is 6.54 Å². The number of nitrogens with one attached hydrogen (secondary N) is 5. The summed E-state index contributed by atoms with van der Waals surface area (Å²) in [6, 6.07) is 1.88. The first kappa shape index (κ1) is 27.6. The van der Waals surface area contributed by atoms with Gasteiger partial charge in [0.15, 0.2) is 0 Å². The molecule has 194 valence electrons. The van der Waals surface area contributed by atoms with Gasteiger partial charge in [0.1, 0.15) is 5.82 Å². The van der Waals surface area contributed by atoms with Crippen LogP contribution in [0.3, 0.4) is 0 Å². The number of halogens is 1. The molecule has 9 heteroatoms. The van der Waals surface area contributed by atoms with Crippen molar-refractivity contribution in [2.24, 2.45) is 0 Å². The number of amides is 1. The average Bonchev–Trinajstić information content (AvgIpc) is 2.70. The molecule has 1 aliphatic rings. The van der Waals surface area contributed by atoms with Gasteiger partial charge in [-0.05, 0) is 79.0 Å². The van der Waals surface area contributed by atoms with Gasteiger partial charge in [-0.2, -0.15) is 0 Å². The molecule has 0 aromatic carbocycles. The smallest absolute Gasteiger partial charge is 0.253 e. The molecule has 0 spiro atoms. The Hall–Kier alpha value is -2.97. The fraction of sp³-hybridized carbons (Fsp3) is 0.481. The number of nitrogens with zero attached hydrogens (tertiary/aromatic N) is 1. The van der Waals surface area contributed by atoms with Crippen LogP contribution in [0.15, 0.2) is 16.9 Å². The van der Waals surface area contributed by atoms with Crippen molar-refractivity contribution in [2.45, 2.75) is 85.5 Å². The standard InChI is InChI=1S/C27H37ClN6O2/c1-14(2)31-23-18(12-29)20(25(36)30-13-19-15(3)9-16(4)32-24(19)35)21(28)22(33-23)17-10-26(5,6)34-27(7,8)11-17/h9-10,12,14,29,34H,11,13H2,1-8H3,(H,30,36)(H,31,33)(H,32,35). The second kappa shape index (κ2) is 10.2. The number of hydrogen-bond donors (Lipinski definition) is 5. The van der Waals surface area contributed by atoms with E-state index in [4.69, 9.17) is 22.0 Å².